The van der Waals surface area contributed by atoms with Crippen molar-refractivity contribution in [2.45, 2.75) is 19.3 Å². The molecular weight excluding hydrogens is 190 g/mol. The van der Waals surface area contributed by atoms with Crippen LogP contribution in [0.15, 0.2) is 4.52 Å². The fraction of sp³-hybridized carbons (Fsp3) is 0.625. The molecule has 13 heavy (non-hydrogen) atoms. The number of piperidine rings is 1. The van der Waals surface area contributed by atoms with Crippen molar-refractivity contribution in [2.24, 2.45) is 0 Å². The smallest absolute Gasteiger partial charge is 0.248 e. The van der Waals surface area contributed by atoms with E-state index in [9.17, 15) is 0 Å². The Morgan fingerprint density at radius 1 is 1.31 bits per heavy atom. The van der Waals surface area contributed by atoms with Crippen LogP contribution in [0.2, 0.25) is 5.02 Å². The van der Waals surface area contributed by atoms with Crippen LogP contribution in [0.3, 0.4) is 0 Å². The van der Waals surface area contributed by atoms with E-state index in [4.69, 9.17) is 21.9 Å². The van der Waals surface area contributed by atoms with E-state index in [-0.39, 0.29) is 5.82 Å². The molecule has 0 bridgehead atoms. The number of rotatable bonds is 1. The summed E-state index contributed by atoms with van der Waals surface area (Å²) in [6.07, 6.45) is 3.63. The van der Waals surface area contributed by atoms with Crippen LogP contribution in [0.4, 0.5) is 11.7 Å². The first kappa shape index (κ1) is 8.69. The lowest BCUT2D eigenvalue weighted by molar-refractivity contribution is 0.407. The van der Waals surface area contributed by atoms with E-state index in [1.807, 2.05) is 0 Å². The summed E-state index contributed by atoms with van der Waals surface area (Å²) in [6.45, 7) is 1.96. The number of hydrogen-bond acceptors (Lipinski definition) is 4. The Labute approximate surface area is 81.6 Å². The minimum absolute atomic E-state index is 0.280. The van der Waals surface area contributed by atoms with Gasteiger partial charge in [-0.1, -0.05) is 16.8 Å². The van der Waals surface area contributed by atoms with Gasteiger partial charge >= 0.3 is 0 Å². The van der Waals surface area contributed by atoms with Gasteiger partial charge in [0.1, 0.15) is 5.02 Å². The van der Waals surface area contributed by atoms with Crippen LogP contribution in [-0.4, -0.2) is 18.2 Å². The number of halogens is 1. The molecule has 0 atom stereocenters. The van der Waals surface area contributed by atoms with Crippen LogP contribution in [0.25, 0.3) is 0 Å². The zero-order chi connectivity index (χ0) is 9.26. The van der Waals surface area contributed by atoms with Crippen molar-refractivity contribution in [3.63, 3.8) is 0 Å². The van der Waals surface area contributed by atoms with E-state index in [1.165, 1.54) is 19.3 Å². The van der Waals surface area contributed by atoms with Crippen LogP contribution in [-0.2, 0) is 0 Å². The largest absolute Gasteiger partial charge is 0.380 e. The van der Waals surface area contributed by atoms with Crippen molar-refractivity contribution in [2.75, 3.05) is 23.7 Å². The van der Waals surface area contributed by atoms with Crippen molar-refractivity contribution in [1.82, 2.24) is 5.16 Å². The van der Waals surface area contributed by atoms with E-state index >= 15 is 0 Å². The molecule has 4 nitrogen and oxygen atoms in total. The Balaban J connectivity index is 2.18. The van der Waals surface area contributed by atoms with Gasteiger partial charge in [0.05, 0.1) is 0 Å². The Morgan fingerprint density at radius 3 is 2.54 bits per heavy atom. The lowest BCUT2D eigenvalue weighted by Gasteiger charge is -2.25. The first-order valence-corrected chi connectivity index (χ1v) is 4.82. The lowest BCUT2D eigenvalue weighted by Crippen LogP contribution is -2.29. The zero-order valence-electron chi connectivity index (χ0n) is 7.29. The van der Waals surface area contributed by atoms with Gasteiger partial charge in [-0.15, -0.1) is 0 Å². The predicted octanol–water partition coefficient (Wildman–Crippen LogP) is 1.90. The van der Waals surface area contributed by atoms with Crippen LogP contribution in [0, 0.1) is 0 Å². The quantitative estimate of drug-likeness (QED) is 0.754. The number of aromatic nitrogens is 1. The fourth-order valence-electron chi connectivity index (χ4n) is 1.58. The molecular formula is C8H12ClN3O. The molecule has 1 fully saturated rings. The molecule has 1 saturated heterocycles. The Morgan fingerprint density at radius 2 is 2.00 bits per heavy atom. The molecule has 1 aliphatic heterocycles. The zero-order valence-corrected chi connectivity index (χ0v) is 8.05. The van der Waals surface area contributed by atoms with Crippen LogP contribution >= 0.6 is 11.6 Å². The third-order valence-electron chi connectivity index (χ3n) is 2.29. The van der Waals surface area contributed by atoms with Gasteiger partial charge in [-0.3, -0.25) is 0 Å². The third kappa shape index (κ3) is 1.58. The van der Waals surface area contributed by atoms with E-state index in [1.54, 1.807) is 0 Å². The first-order valence-electron chi connectivity index (χ1n) is 4.44. The monoisotopic (exact) mass is 201 g/mol. The van der Waals surface area contributed by atoms with Gasteiger partial charge in [-0.25, -0.2) is 0 Å². The summed E-state index contributed by atoms with van der Waals surface area (Å²) in [5.74, 6) is 0.904. The Bertz CT molecular complexity index is 294. The van der Waals surface area contributed by atoms with Gasteiger partial charge < -0.3 is 15.2 Å². The average Bonchev–Trinajstić information content (AvgIpc) is 2.49. The molecule has 2 heterocycles. The van der Waals surface area contributed by atoms with Gasteiger partial charge in [-0.2, -0.15) is 0 Å². The minimum atomic E-state index is 0.280. The molecule has 1 aromatic rings. The van der Waals surface area contributed by atoms with Crippen molar-refractivity contribution < 1.29 is 4.52 Å². The van der Waals surface area contributed by atoms with Gasteiger partial charge in [0.15, 0.2) is 5.82 Å². The summed E-state index contributed by atoms with van der Waals surface area (Å²) in [5, 5.41) is 4.07. The number of nitrogens with zero attached hydrogens (tertiary/aromatic N) is 2. The molecule has 0 unspecified atom stereocenters. The minimum Gasteiger partial charge on any atom is -0.380 e. The Hall–Kier alpha value is -0.900. The van der Waals surface area contributed by atoms with Gasteiger partial charge in [0.2, 0.25) is 5.88 Å². The summed E-state index contributed by atoms with van der Waals surface area (Å²) in [5.41, 5.74) is 5.48. The van der Waals surface area contributed by atoms with Crippen molar-refractivity contribution >= 4 is 23.3 Å². The normalized spacial score (nSPS) is 17.8. The molecule has 0 spiro atoms. The highest BCUT2D eigenvalue weighted by Gasteiger charge is 2.20. The number of nitrogens with two attached hydrogens (primary N) is 1. The molecule has 1 aliphatic rings. The van der Waals surface area contributed by atoms with E-state index in [0.717, 1.165) is 13.1 Å². The number of nitrogen functional groups attached to an aromatic ring is 1. The molecule has 0 amide bonds. The lowest BCUT2D eigenvalue weighted by atomic mass is 10.1. The van der Waals surface area contributed by atoms with Crippen LogP contribution in [0.5, 0.6) is 0 Å². The summed E-state index contributed by atoms with van der Waals surface area (Å²) in [4.78, 5) is 2.09. The molecule has 1 aromatic heterocycles. The molecule has 0 aromatic carbocycles. The van der Waals surface area contributed by atoms with E-state index < -0.39 is 0 Å². The van der Waals surface area contributed by atoms with Gasteiger partial charge in [-0.05, 0) is 19.3 Å². The molecule has 72 valence electrons. The second kappa shape index (κ2) is 3.46. The number of hydrogen-bond donors (Lipinski definition) is 1. The highest BCUT2D eigenvalue weighted by Crippen LogP contribution is 2.32. The van der Waals surface area contributed by atoms with Gasteiger partial charge in [0, 0.05) is 13.1 Å². The first-order chi connectivity index (χ1) is 6.29. The molecule has 5 heteroatoms. The summed E-state index contributed by atoms with van der Waals surface area (Å²) in [7, 11) is 0. The highest BCUT2D eigenvalue weighted by molar-refractivity contribution is 6.35. The van der Waals surface area contributed by atoms with E-state index in [2.05, 4.69) is 10.1 Å². The maximum Gasteiger partial charge on any atom is 0.248 e. The summed E-state index contributed by atoms with van der Waals surface area (Å²) >= 11 is 5.92. The van der Waals surface area contributed by atoms with Crippen LogP contribution < -0.4 is 10.6 Å². The van der Waals surface area contributed by atoms with Crippen molar-refractivity contribution in [1.29, 1.82) is 0 Å². The maximum absolute atomic E-state index is 5.92. The number of anilines is 2. The summed E-state index contributed by atoms with van der Waals surface area (Å²) < 4.78 is 5.05. The molecule has 0 saturated carbocycles. The van der Waals surface area contributed by atoms with Crippen LogP contribution in [0.1, 0.15) is 19.3 Å². The third-order valence-corrected chi connectivity index (χ3v) is 2.64. The Kier molecular flexibility index (Phi) is 2.31. The molecule has 2 rings (SSSR count). The fourth-order valence-corrected chi connectivity index (χ4v) is 1.76. The highest BCUT2D eigenvalue weighted by atomic mass is 35.5. The standard InChI is InChI=1S/C8H12ClN3O/c9-6-7(10)11-13-8(6)12-4-2-1-3-5-12/h1-5H2,(H2,10,11). The second-order valence-electron chi connectivity index (χ2n) is 3.23. The van der Waals surface area contributed by atoms with Gasteiger partial charge in [0.25, 0.3) is 0 Å². The molecule has 0 aliphatic carbocycles. The van der Waals surface area contributed by atoms with Crippen molar-refractivity contribution in [3.8, 4) is 0 Å². The average molecular weight is 202 g/mol. The second-order valence-corrected chi connectivity index (χ2v) is 3.61. The SMILES string of the molecule is Nc1noc(N2CCCCC2)c1Cl. The predicted molar refractivity (Wildman–Crippen MR) is 52.0 cm³/mol. The topological polar surface area (TPSA) is 55.3 Å². The maximum atomic E-state index is 5.92. The van der Waals surface area contributed by atoms with Crippen molar-refractivity contribution in [3.05, 3.63) is 5.02 Å². The molecule has 2 N–H and O–H groups in total. The van der Waals surface area contributed by atoms with E-state index in [0.29, 0.717) is 10.9 Å². The summed E-state index contributed by atoms with van der Waals surface area (Å²) in [6, 6.07) is 0. The molecule has 0 radical (unpaired) electrons.